The monoisotopic (exact) mass is 300 g/mol. The van der Waals surface area contributed by atoms with Gasteiger partial charge in [-0.25, -0.2) is 18.4 Å². The van der Waals surface area contributed by atoms with Crippen molar-refractivity contribution in [3.05, 3.63) is 72.3 Å². The fourth-order valence-corrected chi connectivity index (χ4v) is 1.95. The fourth-order valence-electron chi connectivity index (χ4n) is 1.95. The molecule has 7 heteroatoms. The van der Waals surface area contributed by atoms with Gasteiger partial charge in [-0.05, 0) is 36.4 Å². The van der Waals surface area contributed by atoms with Gasteiger partial charge in [-0.1, -0.05) is 6.07 Å². The summed E-state index contributed by atoms with van der Waals surface area (Å²) in [5.74, 6) is -2.66. The van der Waals surface area contributed by atoms with Gasteiger partial charge in [-0.3, -0.25) is 4.79 Å². The lowest BCUT2D eigenvalue weighted by molar-refractivity contribution is 0.101. The van der Waals surface area contributed by atoms with Crippen LogP contribution >= 0.6 is 0 Å². The third-order valence-electron chi connectivity index (χ3n) is 3.00. The van der Waals surface area contributed by atoms with Gasteiger partial charge < -0.3 is 5.32 Å². The van der Waals surface area contributed by atoms with Crippen molar-refractivity contribution in [3.63, 3.8) is 0 Å². The highest BCUT2D eigenvalue weighted by Crippen LogP contribution is 2.16. The van der Waals surface area contributed by atoms with Crippen LogP contribution in [0.4, 0.5) is 14.5 Å². The number of carbonyl (C=O) groups excluding carboxylic acids is 1. The van der Waals surface area contributed by atoms with Gasteiger partial charge in [0, 0.05) is 5.69 Å². The Kier molecular flexibility index (Phi) is 3.61. The lowest BCUT2D eigenvalue weighted by Crippen LogP contribution is -2.15. The number of hydrogen-bond acceptors (Lipinski definition) is 3. The van der Waals surface area contributed by atoms with E-state index in [4.69, 9.17) is 0 Å². The molecule has 0 spiro atoms. The number of nitrogens with zero attached hydrogens (tertiary/aromatic N) is 3. The summed E-state index contributed by atoms with van der Waals surface area (Å²) in [6, 6.07) is 9.87. The molecule has 0 unspecified atom stereocenters. The van der Waals surface area contributed by atoms with Crippen LogP contribution in [0.25, 0.3) is 5.69 Å². The van der Waals surface area contributed by atoms with E-state index in [1.165, 1.54) is 18.7 Å². The van der Waals surface area contributed by atoms with E-state index in [0.717, 1.165) is 17.8 Å². The molecule has 0 radical (unpaired) electrons. The van der Waals surface area contributed by atoms with E-state index in [2.05, 4.69) is 15.4 Å². The molecule has 0 aliphatic heterocycles. The van der Waals surface area contributed by atoms with Gasteiger partial charge in [0.2, 0.25) is 0 Å². The molecule has 0 atom stereocenters. The molecule has 110 valence electrons. The zero-order valence-corrected chi connectivity index (χ0v) is 11.2. The van der Waals surface area contributed by atoms with Gasteiger partial charge >= 0.3 is 0 Å². The Balaban J connectivity index is 1.80. The van der Waals surface area contributed by atoms with Crippen molar-refractivity contribution in [1.29, 1.82) is 0 Å². The van der Waals surface area contributed by atoms with Crippen molar-refractivity contribution in [2.45, 2.75) is 0 Å². The molecular weight excluding hydrogens is 290 g/mol. The van der Waals surface area contributed by atoms with E-state index in [0.29, 0.717) is 5.69 Å². The van der Waals surface area contributed by atoms with E-state index in [-0.39, 0.29) is 0 Å². The molecule has 22 heavy (non-hydrogen) atoms. The van der Waals surface area contributed by atoms with Crippen LogP contribution in [0.2, 0.25) is 0 Å². The minimum atomic E-state index is -0.906. The highest BCUT2D eigenvalue weighted by atomic mass is 19.1. The van der Waals surface area contributed by atoms with Gasteiger partial charge in [-0.2, -0.15) is 5.10 Å². The Bertz CT molecular complexity index is 781. The maximum Gasteiger partial charge on any atom is 0.261 e. The Labute approximate surface area is 124 Å². The first-order valence-electron chi connectivity index (χ1n) is 6.35. The first kappa shape index (κ1) is 13.9. The summed E-state index contributed by atoms with van der Waals surface area (Å²) in [6.45, 7) is 0. The smallest absolute Gasteiger partial charge is 0.261 e. The van der Waals surface area contributed by atoms with Gasteiger partial charge in [0.15, 0.2) is 0 Å². The minimum Gasteiger partial charge on any atom is -0.322 e. The minimum absolute atomic E-state index is 0.413. The summed E-state index contributed by atoms with van der Waals surface area (Å²) in [5.41, 5.74) is 0.548. The predicted octanol–water partition coefficient (Wildman–Crippen LogP) is 2.80. The average Bonchev–Trinajstić information content (AvgIpc) is 3.02. The number of halogens is 2. The first-order chi connectivity index (χ1) is 10.6. The summed E-state index contributed by atoms with van der Waals surface area (Å²) in [4.78, 5) is 15.8. The fraction of sp³-hybridized carbons (Fsp3) is 0. The third kappa shape index (κ3) is 2.69. The number of rotatable bonds is 3. The maximum atomic E-state index is 13.5. The summed E-state index contributed by atoms with van der Waals surface area (Å²) in [7, 11) is 0. The van der Waals surface area contributed by atoms with Crippen molar-refractivity contribution in [3.8, 4) is 5.69 Å². The number of carbonyl (C=O) groups is 1. The van der Waals surface area contributed by atoms with E-state index in [1.807, 2.05) is 0 Å². The van der Waals surface area contributed by atoms with Crippen LogP contribution in [0.1, 0.15) is 10.4 Å². The lowest BCUT2D eigenvalue weighted by Gasteiger charge is -2.08. The van der Waals surface area contributed by atoms with Crippen molar-refractivity contribution in [2.24, 2.45) is 0 Å². The standard InChI is InChI=1S/C15H10F2N4O/c16-12-2-1-3-13(17)14(12)15(22)20-10-4-6-11(7-5-10)21-9-18-8-19-21/h1-9H,(H,20,22). The summed E-state index contributed by atoms with van der Waals surface area (Å²) < 4.78 is 28.6. The topological polar surface area (TPSA) is 59.8 Å². The average molecular weight is 300 g/mol. The van der Waals surface area contributed by atoms with Gasteiger partial charge in [0.05, 0.1) is 5.69 Å². The third-order valence-corrected chi connectivity index (χ3v) is 3.00. The molecule has 0 aliphatic rings. The molecule has 3 rings (SSSR count). The Hall–Kier alpha value is -3.09. The molecule has 1 amide bonds. The number of nitrogens with one attached hydrogen (secondary N) is 1. The summed E-state index contributed by atoms with van der Waals surface area (Å²) in [5, 5.41) is 6.42. The van der Waals surface area contributed by atoms with Crippen LogP contribution in [0.15, 0.2) is 55.1 Å². The Morgan fingerprint density at radius 3 is 2.32 bits per heavy atom. The maximum absolute atomic E-state index is 13.5. The van der Waals surface area contributed by atoms with Crippen LogP contribution in [0.3, 0.4) is 0 Å². The molecule has 1 aromatic heterocycles. The molecule has 5 nitrogen and oxygen atoms in total. The first-order valence-corrected chi connectivity index (χ1v) is 6.35. The molecule has 0 saturated heterocycles. The van der Waals surface area contributed by atoms with Crippen LogP contribution < -0.4 is 5.32 Å². The van der Waals surface area contributed by atoms with Gasteiger partial charge in [-0.15, -0.1) is 0 Å². The molecule has 2 aromatic carbocycles. The Morgan fingerprint density at radius 1 is 1.05 bits per heavy atom. The van der Waals surface area contributed by atoms with Crippen LogP contribution in [-0.4, -0.2) is 20.7 Å². The highest BCUT2D eigenvalue weighted by Gasteiger charge is 2.16. The van der Waals surface area contributed by atoms with Crippen molar-refractivity contribution in [2.75, 3.05) is 5.32 Å². The number of amides is 1. The van der Waals surface area contributed by atoms with Crippen molar-refractivity contribution < 1.29 is 13.6 Å². The van der Waals surface area contributed by atoms with Gasteiger partial charge in [0.1, 0.15) is 29.9 Å². The van der Waals surface area contributed by atoms with Crippen LogP contribution in [0, 0.1) is 11.6 Å². The van der Waals surface area contributed by atoms with Crippen molar-refractivity contribution >= 4 is 11.6 Å². The largest absolute Gasteiger partial charge is 0.322 e. The molecule has 0 saturated carbocycles. The quantitative estimate of drug-likeness (QED) is 0.809. The number of hydrogen-bond donors (Lipinski definition) is 1. The van der Waals surface area contributed by atoms with Gasteiger partial charge in [0.25, 0.3) is 5.91 Å². The van der Waals surface area contributed by atoms with E-state index in [1.54, 1.807) is 28.9 Å². The number of anilines is 1. The second kappa shape index (κ2) is 5.72. The predicted molar refractivity (Wildman–Crippen MR) is 75.7 cm³/mol. The zero-order valence-electron chi connectivity index (χ0n) is 11.2. The van der Waals surface area contributed by atoms with Crippen LogP contribution in [-0.2, 0) is 0 Å². The molecule has 0 fully saturated rings. The normalized spacial score (nSPS) is 10.5. The number of benzene rings is 2. The number of aromatic nitrogens is 3. The highest BCUT2D eigenvalue weighted by molar-refractivity contribution is 6.04. The van der Waals surface area contributed by atoms with Crippen LogP contribution in [0.5, 0.6) is 0 Å². The van der Waals surface area contributed by atoms with E-state index in [9.17, 15) is 13.6 Å². The van der Waals surface area contributed by atoms with Crippen molar-refractivity contribution in [1.82, 2.24) is 14.8 Å². The molecule has 3 aromatic rings. The molecule has 1 heterocycles. The molecular formula is C15H10F2N4O. The molecule has 1 N–H and O–H groups in total. The Morgan fingerprint density at radius 2 is 1.73 bits per heavy atom. The van der Waals surface area contributed by atoms with E-state index < -0.39 is 23.1 Å². The summed E-state index contributed by atoms with van der Waals surface area (Å²) in [6.07, 6.45) is 2.93. The second-order valence-electron chi connectivity index (χ2n) is 4.44. The summed E-state index contributed by atoms with van der Waals surface area (Å²) >= 11 is 0. The SMILES string of the molecule is O=C(Nc1ccc(-n2cncn2)cc1)c1c(F)cccc1F. The molecule has 0 aliphatic carbocycles. The second-order valence-corrected chi connectivity index (χ2v) is 4.44. The zero-order chi connectivity index (χ0) is 15.5. The molecule has 0 bridgehead atoms. The lowest BCUT2D eigenvalue weighted by atomic mass is 10.1. The van der Waals surface area contributed by atoms with E-state index >= 15 is 0 Å².